The number of nitrogens with one attached hydrogen (secondary N) is 1. The SMILES string of the molecule is CC(=Cc1ccccc1)C=C1SC(=S)N(CC(=O)Nc2cccc(Cl)c2Cl)C1=O. The van der Waals surface area contributed by atoms with Gasteiger partial charge in [-0.1, -0.05) is 89.7 Å². The van der Waals surface area contributed by atoms with Crippen LogP contribution in [0.25, 0.3) is 6.08 Å². The van der Waals surface area contributed by atoms with Gasteiger partial charge in [-0.2, -0.15) is 0 Å². The predicted octanol–water partition coefficient (Wildman–Crippen LogP) is 5.78. The number of nitrogens with zero attached hydrogens (tertiary/aromatic N) is 1. The number of amides is 2. The number of carbonyl (C=O) groups is 2. The van der Waals surface area contributed by atoms with Gasteiger partial charge in [-0.05, 0) is 36.3 Å². The van der Waals surface area contributed by atoms with E-state index in [4.69, 9.17) is 35.4 Å². The topological polar surface area (TPSA) is 49.4 Å². The Kier molecular flexibility index (Phi) is 7.14. The van der Waals surface area contributed by atoms with E-state index >= 15 is 0 Å². The number of allylic oxidation sites excluding steroid dienone is 2. The molecule has 1 saturated heterocycles. The van der Waals surface area contributed by atoms with Gasteiger partial charge in [0.1, 0.15) is 10.9 Å². The summed E-state index contributed by atoms with van der Waals surface area (Å²) < 4.78 is 0.334. The minimum absolute atomic E-state index is 0.202. The third kappa shape index (κ3) is 5.48. The van der Waals surface area contributed by atoms with Crippen molar-refractivity contribution < 1.29 is 9.59 Å². The number of thiocarbonyl (C=S) groups is 1. The van der Waals surface area contributed by atoms with E-state index in [1.165, 1.54) is 16.7 Å². The van der Waals surface area contributed by atoms with Crippen molar-refractivity contribution in [2.45, 2.75) is 6.92 Å². The first-order valence-electron chi connectivity index (χ1n) is 8.57. The normalized spacial score (nSPS) is 15.9. The number of hydrogen-bond acceptors (Lipinski definition) is 4. The van der Waals surface area contributed by atoms with Crippen LogP contribution < -0.4 is 5.32 Å². The molecule has 3 rings (SSSR count). The third-order valence-corrected chi connectivity index (χ3v) is 6.15. The molecule has 148 valence electrons. The molecule has 8 heteroatoms. The Labute approximate surface area is 188 Å². The summed E-state index contributed by atoms with van der Waals surface area (Å²) in [5, 5.41) is 3.24. The molecule has 0 spiro atoms. The highest BCUT2D eigenvalue weighted by Gasteiger charge is 2.33. The second-order valence-corrected chi connectivity index (χ2v) is 8.68. The molecule has 2 aromatic carbocycles. The first-order chi connectivity index (χ1) is 13.8. The zero-order valence-corrected chi connectivity index (χ0v) is 18.5. The van der Waals surface area contributed by atoms with Crippen LogP contribution >= 0.6 is 47.2 Å². The van der Waals surface area contributed by atoms with Crippen LogP contribution in [0.1, 0.15) is 12.5 Å². The van der Waals surface area contributed by atoms with E-state index in [0.717, 1.165) is 11.1 Å². The van der Waals surface area contributed by atoms with Crippen molar-refractivity contribution >= 4 is 75.1 Å². The minimum atomic E-state index is -0.414. The van der Waals surface area contributed by atoms with Crippen molar-refractivity contribution in [1.29, 1.82) is 0 Å². The van der Waals surface area contributed by atoms with Gasteiger partial charge in [0, 0.05) is 0 Å². The van der Waals surface area contributed by atoms with E-state index < -0.39 is 5.91 Å². The maximum atomic E-state index is 12.7. The van der Waals surface area contributed by atoms with Gasteiger partial charge in [-0.25, -0.2) is 0 Å². The molecule has 2 amide bonds. The lowest BCUT2D eigenvalue weighted by molar-refractivity contribution is -0.126. The third-order valence-electron chi connectivity index (χ3n) is 3.95. The molecule has 0 bridgehead atoms. The Hall–Kier alpha value is -2.12. The summed E-state index contributed by atoms with van der Waals surface area (Å²) in [6, 6.07) is 14.7. The van der Waals surface area contributed by atoms with Gasteiger partial charge in [-0.15, -0.1) is 0 Å². The Morgan fingerprint density at radius 2 is 1.90 bits per heavy atom. The zero-order chi connectivity index (χ0) is 21.0. The Morgan fingerprint density at radius 1 is 1.17 bits per heavy atom. The van der Waals surface area contributed by atoms with Crippen molar-refractivity contribution in [1.82, 2.24) is 4.90 Å². The quantitative estimate of drug-likeness (QED) is 0.451. The lowest BCUT2D eigenvalue weighted by Gasteiger charge is -2.15. The van der Waals surface area contributed by atoms with Gasteiger partial charge in [0.2, 0.25) is 5.91 Å². The molecule has 0 aromatic heterocycles. The maximum absolute atomic E-state index is 12.7. The lowest BCUT2D eigenvalue weighted by Crippen LogP contribution is -2.36. The van der Waals surface area contributed by atoms with E-state index in [2.05, 4.69) is 5.32 Å². The van der Waals surface area contributed by atoms with Crippen LogP contribution in [-0.2, 0) is 9.59 Å². The van der Waals surface area contributed by atoms with Gasteiger partial charge in [0.15, 0.2) is 0 Å². The van der Waals surface area contributed by atoms with Crippen molar-refractivity contribution in [3.63, 3.8) is 0 Å². The summed E-state index contributed by atoms with van der Waals surface area (Å²) in [6.45, 7) is 1.71. The summed E-state index contributed by atoms with van der Waals surface area (Å²) in [5.74, 6) is -0.712. The number of benzene rings is 2. The van der Waals surface area contributed by atoms with Gasteiger partial charge >= 0.3 is 0 Å². The average Bonchev–Trinajstić information content (AvgIpc) is 2.93. The molecule has 0 atom stereocenters. The van der Waals surface area contributed by atoms with Gasteiger partial charge in [0.05, 0.1) is 20.6 Å². The second kappa shape index (κ2) is 9.59. The first-order valence-corrected chi connectivity index (χ1v) is 10.6. The number of hydrogen-bond donors (Lipinski definition) is 1. The number of halogens is 2. The van der Waals surface area contributed by atoms with Crippen LogP contribution in [0.3, 0.4) is 0 Å². The molecular formula is C21H16Cl2N2O2S2. The van der Waals surface area contributed by atoms with Crippen molar-refractivity contribution in [2.24, 2.45) is 0 Å². The lowest BCUT2D eigenvalue weighted by atomic mass is 10.1. The number of rotatable bonds is 5. The Morgan fingerprint density at radius 3 is 2.62 bits per heavy atom. The van der Waals surface area contributed by atoms with Gasteiger partial charge in [-0.3, -0.25) is 14.5 Å². The average molecular weight is 463 g/mol. The molecule has 1 aliphatic heterocycles. The summed E-state index contributed by atoms with van der Waals surface area (Å²) in [5.41, 5.74) is 2.33. The second-order valence-electron chi connectivity index (χ2n) is 6.22. The van der Waals surface area contributed by atoms with Crippen LogP contribution in [0.5, 0.6) is 0 Å². The number of anilines is 1. The van der Waals surface area contributed by atoms with E-state index in [-0.39, 0.29) is 17.5 Å². The van der Waals surface area contributed by atoms with Crippen LogP contribution in [0.2, 0.25) is 10.0 Å². The van der Waals surface area contributed by atoms with Crippen molar-refractivity contribution in [2.75, 3.05) is 11.9 Å². The molecule has 0 unspecified atom stereocenters. The van der Waals surface area contributed by atoms with Gasteiger partial charge in [0.25, 0.3) is 5.91 Å². The molecule has 1 fully saturated rings. The summed E-state index contributed by atoms with van der Waals surface area (Å²) in [4.78, 5) is 26.8. The summed E-state index contributed by atoms with van der Waals surface area (Å²) in [7, 11) is 0. The van der Waals surface area contributed by atoms with Crippen molar-refractivity contribution in [3.05, 3.63) is 80.7 Å². The molecule has 1 aliphatic rings. The number of thioether (sulfide) groups is 1. The molecule has 2 aromatic rings. The first kappa shape index (κ1) is 21.6. The molecule has 0 saturated carbocycles. The predicted molar refractivity (Wildman–Crippen MR) is 125 cm³/mol. The molecule has 4 nitrogen and oxygen atoms in total. The van der Waals surface area contributed by atoms with Gasteiger partial charge < -0.3 is 5.32 Å². The highest BCUT2D eigenvalue weighted by Crippen LogP contribution is 2.33. The highest BCUT2D eigenvalue weighted by molar-refractivity contribution is 8.26. The molecule has 0 aliphatic carbocycles. The zero-order valence-electron chi connectivity index (χ0n) is 15.3. The Balaban J connectivity index is 1.69. The van der Waals surface area contributed by atoms with Crippen LogP contribution in [-0.4, -0.2) is 27.6 Å². The molecule has 0 radical (unpaired) electrons. The fourth-order valence-electron chi connectivity index (χ4n) is 2.63. The fraction of sp³-hybridized carbons (Fsp3) is 0.0952. The van der Waals surface area contributed by atoms with Crippen LogP contribution in [0.4, 0.5) is 5.69 Å². The monoisotopic (exact) mass is 462 g/mol. The highest BCUT2D eigenvalue weighted by atomic mass is 35.5. The minimum Gasteiger partial charge on any atom is -0.323 e. The summed E-state index contributed by atoms with van der Waals surface area (Å²) >= 11 is 18.5. The smallest absolute Gasteiger partial charge is 0.266 e. The van der Waals surface area contributed by atoms with E-state index in [1.807, 2.05) is 43.3 Å². The molecule has 1 heterocycles. The summed E-state index contributed by atoms with van der Waals surface area (Å²) in [6.07, 6.45) is 3.75. The van der Waals surface area contributed by atoms with E-state index in [0.29, 0.717) is 19.9 Å². The standard InChI is InChI=1S/C21H16Cl2N2O2S2/c1-13(10-14-6-3-2-4-7-14)11-17-20(27)25(21(28)29-17)12-18(26)24-16-9-5-8-15(22)19(16)23/h2-11H,12H2,1H3,(H,24,26). The fourth-order valence-corrected chi connectivity index (χ4v) is 4.28. The van der Waals surface area contributed by atoms with Crippen LogP contribution in [0, 0.1) is 0 Å². The maximum Gasteiger partial charge on any atom is 0.266 e. The van der Waals surface area contributed by atoms with Crippen molar-refractivity contribution in [3.8, 4) is 0 Å². The largest absolute Gasteiger partial charge is 0.323 e. The Bertz CT molecular complexity index is 1040. The van der Waals surface area contributed by atoms with Crippen LogP contribution in [0.15, 0.2) is 65.1 Å². The van der Waals surface area contributed by atoms with E-state index in [9.17, 15) is 9.59 Å². The molecular weight excluding hydrogens is 447 g/mol. The molecule has 1 N–H and O–H groups in total. The molecule has 29 heavy (non-hydrogen) atoms. The number of carbonyl (C=O) groups excluding carboxylic acids is 2. The van der Waals surface area contributed by atoms with E-state index in [1.54, 1.807) is 24.3 Å².